The second-order valence-electron chi connectivity index (χ2n) is 6.08. The molecule has 0 fully saturated rings. The average Bonchev–Trinajstić information content (AvgIpc) is 2.39. The molecule has 1 heteroatoms. The number of rotatable bonds is 13. The quantitative estimate of drug-likeness (QED) is 0.421. The smallest absolute Gasteiger partial charge is 0.00205 e. The zero-order valence-corrected chi connectivity index (χ0v) is 13.3. The maximum Gasteiger partial charge on any atom is -0.00205 e. The van der Waals surface area contributed by atoms with Gasteiger partial charge in [0.15, 0.2) is 0 Å². The highest BCUT2D eigenvalue weighted by Crippen LogP contribution is 2.36. The molecule has 0 radical (unpaired) electrons. The Bertz CT molecular complexity index is 138. The molecular formula is C17H37N. The molecule has 0 saturated heterocycles. The molecule has 0 aliphatic carbocycles. The molecule has 0 aliphatic rings. The van der Waals surface area contributed by atoms with E-state index in [0.29, 0.717) is 5.41 Å². The highest BCUT2D eigenvalue weighted by molar-refractivity contribution is 4.80. The summed E-state index contributed by atoms with van der Waals surface area (Å²) in [6, 6.07) is 0. The molecule has 0 aliphatic heterocycles. The maximum atomic E-state index is 6.15. The first-order valence-corrected chi connectivity index (χ1v) is 8.44. The van der Waals surface area contributed by atoms with Crippen LogP contribution >= 0.6 is 0 Å². The summed E-state index contributed by atoms with van der Waals surface area (Å²) in [5.74, 6) is 0. The largest absolute Gasteiger partial charge is 0.330 e. The molecule has 18 heavy (non-hydrogen) atoms. The van der Waals surface area contributed by atoms with Gasteiger partial charge in [-0.3, -0.25) is 0 Å². The van der Waals surface area contributed by atoms with E-state index in [4.69, 9.17) is 5.73 Å². The van der Waals surface area contributed by atoms with Gasteiger partial charge in [0, 0.05) is 0 Å². The summed E-state index contributed by atoms with van der Waals surface area (Å²) in [6.45, 7) is 7.78. The lowest BCUT2D eigenvalue weighted by Gasteiger charge is -2.33. The molecule has 0 bridgehead atoms. The molecule has 0 amide bonds. The summed E-state index contributed by atoms with van der Waals surface area (Å²) in [4.78, 5) is 0. The van der Waals surface area contributed by atoms with Crippen LogP contribution in [0.2, 0.25) is 0 Å². The Balaban J connectivity index is 4.20. The Labute approximate surface area is 116 Å². The van der Waals surface area contributed by atoms with Crippen LogP contribution in [0.5, 0.6) is 0 Å². The van der Waals surface area contributed by atoms with Crippen LogP contribution in [0.1, 0.15) is 97.8 Å². The molecule has 1 nitrogen and oxygen atoms in total. The maximum absolute atomic E-state index is 6.15. The van der Waals surface area contributed by atoms with E-state index in [0.717, 1.165) is 6.54 Å². The molecule has 0 spiro atoms. The Morgan fingerprint density at radius 3 is 1.17 bits per heavy atom. The Kier molecular flexibility index (Phi) is 12.0. The van der Waals surface area contributed by atoms with Gasteiger partial charge in [-0.05, 0) is 31.2 Å². The third-order valence-electron chi connectivity index (χ3n) is 4.36. The van der Waals surface area contributed by atoms with Crippen molar-refractivity contribution < 1.29 is 0 Å². The van der Waals surface area contributed by atoms with E-state index >= 15 is 0 Å². The normalized spacial score (nSPS) is 12.0. The van der Waals surface area contributed by atoms with E-state index in [2.05, 4.69) is 20.8 Å². The fourth-order valence-corrected chi connectivity index (χ4v) is 2.93. The van der Waals surface area contributed by atoms with Gasteiger partial charge in [-0.2, -0.15) is 0 Å². The fourth-order valence-electron chi connectivity index (χ4n) is 2.93. The van der Waals surface area contributed by atoms with Gasteiger partial charge in [0.25, 0.3) is 0 Å². The van der Waals surface area contributed by atoms with Crippen LogP contribution in [0.15, 0.2) is 0 Å². The van der Waals surface area contributed by atoms with Gasteiger partial charge in [-0.15, -0.1) is 0 Å². The van der Waals surface area contributed by atoms with Gasteiger partial charge in [0.1, 0.15) is 0 Å². The molecule has 0 aromatic heterocycles. The molecule has 0 heterocycles. The van der Waals surface area contributed by atoms with Gasteiger partial charge >= 0.3 is 0 Å². The SMILES string of the molecule is CCCCCC(CN)(CCCCC)CCCCC. The molecule has 0 rings (SSSR count). The topological polar surface area (TPSA) is 26.0 Å². The van der Waals surface area contributed by atoms with Crippen molar-refractivity contribution in [2.45, 2.75) is 97.8 Å². The zero-order chi connectivity index (χ0) is 13.7. The first-order chi connectivity index (χ1) is 8.74. The summed E-state index contributed by atoms with van der Waals surface area (Å²) < 4.78 is 0. The van der Waals surface area contributed by atoms with Crippen LogP contribution < -0.4 is 5.73 Å². The van der Waals surface area contributed by atoms with Crippen LogP contribution in [-0.4, -0.2) is 6.54 Å². The highest BCUT2D eigenvalue weighted by atomic mass is 14.6. The molecule has 0 saturated carbocycles. The first-order valence-electron chi connectivity index (χ1n) is 8.44. The lowest BCUT2D eigenvalue weighted by molar-refractivity contribution is 0.206. The van der Waals surface area contributed by atoms with Crippen LogP contribution in [0.25, 0.3) is 0 Å². The summed E-state index contributed by atoms with van der Waals surface area (Å²) in [6.07, 6.45) is 16.3. The molecular weight excluding hydrogens is 218 g/mol. The van der Waals surface area contributed by atoms with Gasteiger partial charge in [0.2, 0.25) is 0 Å². The van der Waals surface area contributed by atoms with Gasteiger partial charge in [0.05, 0.1) is 0 Å². The summed E-state index contributed by atoms with van der Waals surface area (Å²) in [5, 5.41) is 0. The second-order valence-corrected chi connectivity index (χ2v) is 6.08. The predicted octanol–water partition coefficient (Wildman–Crippen LogP) is 5.67. The van der Waals surface area contributed by atoms with Gasteiger partial charge in [-0.25, -0.2) is 0 Å². The van der Waals surface area contributed by atoms with E-state index < -0.39 is 0 Å². The number of hydrogen-bond acceptors (Lipinski definition) is 1. The first kappa shape index (κ1) is 18.0. The number of hydrogen-bond donors (Lipinski definition) is 1. The van der Waals surface area contributed by atoms with Gasteiger partial charge < -0.3 is 5.73 Å². The van der Waals surface area contributed by atoms with Crippen molar-refractivity contribution in [1.82, 2.24) is 0 Å². The minimum atomic E-state index is 0.472. The Morgan fingerprint density at radius 2 is 0.944 bits per heavy atom. The lowest BCUT2D eigenvalue weighted by Crippen LogP contribution is -2.30. The number of nitrogens with two attached hydrogens (primary N) is 1. The van der Waals surface area contributed by atoms with Crippen molar-refractivity contribution in [2.75, 3.05) is 6.54 Å². The summed E-state index contributed by atoms with van der Waals surface area (Å²) >= 11 is 0. The Hall–Kier alpha value is -0.0400. The summed E-state index contributed by atoms with van der Waals surface area (Å²) in [7, 11) is 0. The molecule has 0 unspecified atom stereocenters. The average molecular weight is 255 g/mol. The number of unbranched alkanes of at least 4 members (excludes halogenated alkanes) is 6. The van der Waals surface area contributed by atoms with Crippen LogP contribution in [0.3, 0.4) is 0 Å². The fraction of sp³-hybridized carbons (Fsp3) is 1.00. The van der Waals surface area contributed by atoms with Crippen LogP contribution in [0, 0.1) is 5.41 Å². The van der Waals surface area contributed by atoms with Crippen LogP contribution in [-0.2, 0) is 0 Å². The Morgan fingerprint density at radius 1 is 0.611 bits per heavy atom. The molecule has 2 N–H and O–H groups in total. The van der Waals surface area contributed by atoms with Crippen molar-refractivity contribution >= 4 is 0 Å². The van der Waals surface area contributed by atoms with E-state index in [1.165, 1.54) is 77.0 Å². The third kappa shape index (κ3) is 8.13. The van der Waals surface area contributed by atoms with E-state index in [1.807, 2.05) is 0 Å². The summed E-state index contributed by atoms with van der Waals surface area (Å²) in [5.41, 5.74) is 6.63. The van der Waals surface area contributed by atoms with Crippen molar-refractivity contribution in [1.29, 1.82) is 0 Å². The highest BCUT2D eigenvalue weighted by Gasteiger charge is 2.26. The minimum absolute atomic E-state index is 0.472. The second kappa shape index (κ2) is 12.0. The van der Waals surface area contributed by atoms with E-state index in [-0.39, 0.29) is 0 Å². The molecule has 0 atom stereocenters. The molecule has 110 valence electrons. The lowest BCUT2D eigenvalue weighted by atomic mass is 9.74. The van der Waals surface area contributed by atoms with Crippen molar-refractivity contribution in [2.24, 2.45) is 11.1 Å². The standard InChI is InChI=1S/C17H37N/c1-4-7-10-13-17(16-18,14-11-8-5-2)15-12-9-6-3/h4-16,18H2,1-3H3. The van der Waals surface area contributed by atoms with Crippen molar-refractivity contribution in [3.8, 4) is 0 Å². The molecule has 0 aromatic carbocycles. The van der Waals surface area contributed by atoms with Crippen molar-refractivity contribution in [3.05, 3.63) is 0 Å². The monoisotopic (exact) mass is 255 g/mol. The third-order valence-corrected chi connectivity index (χ3v) is 4.36. The van der Waals surface area contributed by atoms with E-state index in [1.54, 1.807) is 0 Å². The predicted molar refractivity (Wildman–Crippen MR) is 83.9 cm³/mol. The zero-order valence-electron chi connectivity index (χ0n) is 13.3. The van der Waals surface area contributed by atoms with Crippen LogP contribution in [0.4, 0.5) is 0 Å². The van der Waals surface area contributed by atoms with Gasteiger partial charge in [-0.1, -0.05) is 78.6 Å². The minimum Gasteiger partial charge on any atom is -0.330 e. The van der Waals surface area contributed by atoms with Crippen molar-refractivity contribution in [3.63, 3.8) is 0 Å². The molecule has 0 aromatic rings. The van der Waals surface area contributed by atoms with E-state index in [9.17, 15) is 0 Å².